The number of fused-ring (bicyclic) bond motifs is 3. The Balaban J connectivity index is 1.88. The standard InChI is InChI=1S/C22H16N4O/c1-14-6-2-3-7-17(14)21-23-24-22-19-9-5-4-8-18(19)20(25-26(21)22)15-10-12-16(27)13-11-15/h2-13,27H,1H3. The van der Waals surface area contributed by atoms with Gasteiger partial charge in [-0.2, -0.15) is 9.61 Å². The fraction of sp³-hybridized carbons (Fsp3) is 0.0455. The summed E-state index contributed by atoms with van der Waals surface area (Å²) in [7, 11) is 0. The number of aryl methyl sites for hydroxylation is 1. The number of hydrogen-bond acceptors (Lipinski definition) is 4. The summed E-state index contributed by atoms with van der Waals surface area (Å²) in [5, 5.41) is 25.4. The van der Waals surface area contributed by atoms with Crippen LogP contribution in [0, 0.1) is 6.92 Å². The van der Waals surface area contributed by atoms with Crippen molar-refractivity contribution in [2.45, 2.75) is 6.92 Å². The first-order valence-corrected chi connectivity index (χ1v) is 8.72. The van der Waals surface area contributed by atoms with Gasteiger partial charge >= 0.3 is 0 Å². The van der Waals surface area contributed by atoms with Crippen molar-refractivity contribution < 1.29 is 5.11 Å². The molecule has 0 amide bonds. The van der Waals surface area contributed by atoms with Gasteiger partial charge in [0.25, 0.3) is 0 Å². The molecule has 27 heavy (non-hydrogen) atoms. The molecule has 0 saturated heterocycles. The summed E-state index contributed by atoms with van der Waals surface area (Å²) in [6.07, 6.45) is 0. The average molecular weight is 352 g/mol. The zero-order valence-electron chi connectivity index (χ0n) is 14.7. The van der Waals surface area contributed by atoms with Crippen LogP contribution in [0.15, 0.2) is 72.8 Å². The minimum atomic E-state index is 0.231. The Bertz CT molecular complexity index is 1290. The molecule has 0 aliphatic heterocycles. The topological polar surface area (TPSA) is 63.3 Å². The highest BCUT2D eigenvalue weighted by Gasteiger charge is 2.17. The molecule has 0 aliphatic carbocycles. The lowest BCUT2D eigenvalue weighted by Crippen LogP contribution is -2.00. The maximum Gasteiger partial charge on any atom is 0.186 e. The van der Waals surface area contributed by atoms with E-state index in [1.165, 1.54) is 0 Å². The van der Waals surface area contributed by atoms with Gasteiger partial charge in [0.1, 0.15) is 5.75 Å². The smallest absolute Gasteiger partial charge is 0.186 e. The van der Waals surface area contributed by atoms with Gasteiger partial charge in [-0.3, -0.25) is 0 Å². The molecule has 5 rings (SSSR count). The minimum Gasteiger partial charge on any atom is -0.508 e. The Hall–Kier alpha value is -3.73. The molecule has 0 fully saturated rings. The number of phenolic OH excluding ortho intramolecular Hbond substituents is 1. The first-order valence-electron chi connectivity index (χ1n) is 8.72. The molecule has 2 aromatic heterocycles. The largest absolute Gasteiger partial charge is 0.508 e. The molecule has 0 atom stereocenters. The Kier molecular flexibility index (Phi) is 3.40. The summed E-state index contributed by atoms with van der Waals surface area (Å²) in [6.45, 7) is 2.05. The van der Waals surface area contributed by atoms with Crippen molar-refractivity contribution in [2.24, 2.45) is 0 Å². The van der Waals surface area contributed by atoms with Crippen molar-refractivity contribution >= 4 is 16.4 Å². The summed E-state index contributed by atoms with van der Waals surface area (Å²) >= 11 is 0. The predicted octanol–water partition coefficient (Wildman–Crippen LogP) is 4.63. The summed E-state index contributed by atoms with van der Waals surface area (Å²) in [5.74, 6) is 0.947. The number of phenols is 1. The SMILES string of the molecule is Cc1ccccc1-c1nnc2c3ccccc3c(-c3ccc(O)cc3)nn12. The molecule has 0 aliphatic rings. The second-order valence-corrected chi connectivity index (χ2v) is 6.52. The lowest BCUT2D eigenvalue weighted by atomic mass is 10.0. The van der Waals surface area contributed by atoms with Gasteiger partial charge < -0.3 is 5.11 Å². The van der Waals surface area contributed by atoms with Crippen molar-refractivity contribution in [2.75, 3.05) is 0 Å². The van der Waals surface area contributed by atoms with Crippen LogP contribution in [-0.4, -0.2) is 24.9 Å². The number of benzene rings is 3. The molecule has 5 nitrogen and oxygen atoms in total. The lowest BCUT2D eigenvalue weighted by Gasteiger charge is -2.09. The highest BCUT2D eigenvalue weighted by atomic mass is 16.3. The van der Waals surface area contributed by atoms with Crippen molar-refractivity contribution in [3.05, 3.63) is 78.4 Å². The molecule has 3 aromatic carbocycles. The van der Waals surface area contributed by atoms with E-state index in [-0.39, 0.29) is 5.75 Å². The van der Waals surface area contributed by atoms with Crippen molar-refractivity contribution in [3.63, 3.8) is 0 Å². The molecule has 0 saturated carbocycles. The van der Waals surface area contributed by atoms with Crippen LogP contribution >= 0.6 is 0 Å². The molecule has 0 spiro atoms. The fourth-order valence-corrected chi connectivity index (χ4v) is 3.41. The zero-order chi connectivity index (χ0) is 18.4. The van der Waals surface area contributed by atoms with E-state index < -0.39 is 0 Å². The molecule has 0 radical (unpaired) electrons. The van der Waals surface area contributed by atoms with E-state index in [0.717, 1.165) is 38.8 Å². The second-order valence-electron chi connectivity index (χ2n) is 6.52. The van der Waals surface area contributed by atoms with Gasteiger partial charge in [-0.1, -0.05) is 48.5 Å². The maximum atomic E-state index is 9.63. The molecule has 5 heteroatoms. The third-order valence-electron chi connectivity index (χ3n) is 4.79. The summed E-state index contributed by atoms with van der Waals surface area (Å²) in [5.41, 5.74) is 4.60. The third-order valence-corrected chi connectivity index (χ3v) is 4.79. The normalized spacial score (nSPS) is 11.3. The molecule has 2 heterocycles. The second kappa shape index (κ2) is 5.92. The van der Waals surface area contributed by atoms with Gasteiger partial charge in [0.05, 0.1) is 5.69 Å². The fourth-order valence-electron chi connectivity index (χ4n) is 3.41. The van der Waals surface area contributed by atoms with Crippen molar-refractivity contribution in [1.82, 2.24) is 19.8 Å². The predicted molar refractivity (Wildman–Crippen MR) is 106 cm³/mol. The van der Waals surface area contributed by atoms with Crippen molar-refractivity contribution in [3.8, 4) is 28.4 Å². The Labute approximate surface area is 155 Å². The summed E-state index contributed by atoms with van der Waals surface area (Å²) in [6, 6.07) is 23.2. The van der Waals surface area contributed by atoms with E-state index in [4.69, 9.17) is 5.10 Å². The van der Waals surface area contributed by atoms with E-state index in [9.17, 15) is 5.11 Å². The van der Waals surface area contributed by atoms with Crippen LogP contribution in [0.3, 0.4) is 0 Å². The molecular weight excluding hydrogens is 336 g/mol. The van der Waals surface area contributed by atoms with Gasteiger partial charge in [-0.15, -0.1) is 10.2 Å². The maximum absolute atomic E-state index is 9.63. The van der Waals surface area contributed by atoms with Gasteiger partial charge in [0.15, 0.2) is 11.5 Å². The molecule has 0 bridgehead atoms. The molecule has 0 unspecified atom stereocenters. The van der Waals surface area contributed by atoms with Crippen LogP contribution in [0.4, 0.5) is 0 Å². The van der Waals surface area contributed by atoms with Crippen LogP contribution < -0.4 is 0 Å². The van der Waals surface area contributed by atoms with Crippen LogP contribution in [0.1, 0.15) is 5.56 Å². The number of hydrogen-bond donors (Lipinski definition) is 1. The number of nitrogens with zero attached hydrogens (tertiary/aromatic N) is 4. The number of aromatic nitrogens is 4. The van der Waals surface area contributed by atoms with Gasteiger partial charge in [0.2, 0.25) is 0 Å². The zero-order valence-corrected chi connectivity index (χ0v) is 14.7. The Morgan fingerprint density at radius 2 is 1.48 bits per heavy atom. The molecular formula is C22H16N4O. The van der Waals surface area contributed by atoms with E-state index in [1.807, 2.05) is 59.1 Å². The van der Waals surface area contributed by atoms with Crippen LogP contribution in [-0.2, 0) is 0 Å². The van der Waals surface area contributed by atoms with Gasteiger partial charge in [-0.25, -0.2) is 0 Å². The van der Waals surface area contributed by atoms with Crippen LogP contribution in [0.25, 0.3) is 39.1 Å². The number of aromatic hydroxyl groups is 1. The first-order chi connectivity index (χ1) is 13.2. The monoisotopic (exact) mass is 352 g/mol. The van der Waals surface area contributed by atoms with E-state index in [0.29, 0.717) is 5.82 Å². The van der Waals surface area contributed by atoms with Crippen LogP contribution in [0.5, 0.6) is 5.75 Å². The third kappa shape index (κ3) is 2.44. The average Bonchev–Trinajstić information content (AvgIpc) is 3.12. The lowest BCUT2D eigenvalue weighted by molar-refractivity contribution is 0.475. The summed E-state index contributed by atoms with van der Waals surface area (Å²) in [4.78, 5) is 0. The highest BCUT2D eigenvalue weighted by Crippen LogP contribution is 2.31. The van der Waals surface area contributed by atoms with E-state index >= 15 is 0 Å². The first kappa shape index (κ1) is 15.5. The molecule has 130 valence electrons. The highest BCUT2D eigenvalue weighted by molar-refractivity contribution is 6.01. The minimum absolute atomic E-state index is 0.231. The Morgan fingerprint density at radius 3 is 2.26 bits per heavy atom. The van der Waals surface area contributed by atoms with Crippen molar-refractivity contribution in [1.29, 1.82) is 0 Å². The van der Waals surface area contributed by atoms with E-state index in [2.05, 4.69) is 23.2 Å². The molecule has 5 aromatic rings. The molecule has 1 N–H and O–H groups in total. The van der Waals surface area contributed by atoms with E-state index in [1.54, 1.807) is 12.1 Å². The summed E-state index contributed by atoms with van der Waals surface area (Å²) < 4.78 is 1.81. The Morgan fingerprint density at radius 1 is 0.778 bits per heavy atom. The van der Waals surface area contributed by atoms with Gasteiger partial charge in [-0.05, 0) is 36.8 Å². The quantitative estimate of drug-likeness (QED) is 0.503. The number of rotatable bonds is 2. The van der Waals surface area contributed by atoms with Gasteiger partial charge in [0, 0.05) is 21.9 Å². The van der Waals surface area contributed by atoms with Crippen LogP contribution in [0.2, 0.25) is 0 Å².